The zero-order chi connectivity index (χ0) is 6.55. The Balaban J connectivity index is 2.04. The SMILES string of the molecule is C1=C2CC3CC(C2)CN1C3. The van der Waals surface area contributed by atoms with E-state index in [1.165, 1.54) is 32.4 Å². The smallest absolute Gasteiger partial charge is 0.0204 e. The lowest BCUT2D eigenvalue weighted by molar-refractivity contribution is 0.119. The molecule has 4 aliphatic rings. The summed E-state index contributed by atoms with van der Waals surface area (Å²) < 4.78 is 0. The number of hydrogen-bond donors (Lipinski definition) is 0. The van der Waals surface area contributed by atoms with Gasteiger partial charge in [0.2, 0.25) is 0 Å². The average Bonchev–Trinajstić information content (AvgIpc) is 1.82. The van der Waals surface area contributed by atoms with Gasteiger partial charge in [-0.25, -0.2) is 0 Å². The largest absolute Gasteiger partial charge is 0.377 e. The number of piperidine rings is 1. The molecular weight excluding hydrogens is 122 g/mol. The van der Waals surface area contributed by atoms with Gasteiger partial charge in [-0.3, -0.25) is 0 Å². The molecular formula is C9H13N. The summed E-state index contributed by atoms with van der Waals surface area (Å²) in [6.45, 7) is 2.72. The summed E-state index contributed by atoms with van der Waals surface area (Å²) in [4.78, 5) is 2.53. The van der Waals surface area contributed by atoms with Crippen molar-refractivity contribution in [3.05, 3.63) is 11.8 Å². The van der Waals surface area contributed by atoms with Crippen LogP contribution in [0.5, 0.6) is 0 Å². The normalized spacial score (nSPS) is 42.4. The van der Waals surface area contributed by atoms with Crippen LogP contribution in [-0.4, -0.2) is 18.0 Å². The van der Waals surface area contributed by atoms with Crippen LogP contribution in [0, 0.1) is 11.8 Å². The summed E-state index contributed by atoms with van der Waals surface area (Å²) in [7, 11) is 0. The van der Waals surface area contributed by atoms with E-state index in [4.69, 9.17) is 0 Å². The van der Waals surface area contributed by atoms with E-state index < -0.39 is 0 Å². The Labute approximate surface area is 61.7 Å². The van der Waals surface area contributed by atoms with E-state index in [9.17, 15) is 0 Å². The summed E-state index contributed by atoms with van der Waals surface area (Å²) >= 11 is 0. The molecule has 0 aromatic rings. The van der Waals surface area contributed by atoms with E-state index in [0.29, 0.717) is 0 Å². The zero-order valence-corrected chi connectivity index (χ0v) is 6.21. The Bertz CT molecular complexity index is 179. The third-order valence-electron chi connectivity index (χ3n) is 3.12. The molecule has 0 spiro atoms. The van der Waals surface area contributed by atoms with Crippen LogP contribution in [0.15, 0.2) is 11.8 Å². The van der Waals surface area contributed by atoms with Crippen molar-refractivity contribution in [2.24, 2.45) is 11.8 Å². The first-order valence-corrected chi connectivity index (χ1v) is 4.34. The van der Waals surface area contributed by atoms with Gasteiger partial charge in [-0.1, -0.05) is 5.57 Å². The second-order valence-electron chi connectivity index (χ2n) is 4.12. The van der Waals surface area contributed by atoms with E-state index in [2.05, 4.69) is 11.1 Å². The van der Waals surface area contributed by atoms with Crippen molar-refractivity contribution in [3.63, 3.8) is 0 Å². The highest BCUT2D eigenvalue weighted by molar-refractivity contribution is 5.15. The Kier molecular flexibility index (Phi) is 0.825. The van der Waals surface area contributed by atoms with Gasteiger partial charge in [0, 0.05) is 13.1 Å². The molecule has 1 aliphatic carbocycles. The Morgan fingerprint density at radius 3 is 2.40 bits per heavy atom. The van der Waals surface area contributed by atoms with Gasteiger partial charge in [-0.05, 0) is 37.3 Å². The van der Waals surface area contributed by atoms with E-state index in [0.717, 1.165) is 11.8 Å². The number of hydrogen-bond acceptors (Lipinski definition) is 1. The predicted molar refractivity (Wildman–Crippen MR) is 40.5 cm³/mol. The van der Waals surface area contributed by atoms with Gasteiger partial charge in [0.05, 0.1) is 0 Å². The Morgan fingerprint density at radius 1 is 1.20 bits per heavy atom. The highest BCUT2D eigenvalue weighted by Crippen LogP contribution is 2.41. The molecule has 1 nitrogen and oxygen atoms in total. The van der Waals surface area contributed by atoms with Gasteiger partial charge >= 0.3 is 0 Å². The molecule has 0 N–H and O–H groups in total. The van der Waals surface area contributed by atoms with Crippen molar-refractivity contribution in [2.75, 3.05) is 13.1 Å². The second-order valence-corrected chi connectivity index (χ2v) is 4.12. The van der Waals surface area contributed by atoms with Crippen LogP contribution in [0.25, 0.3) is 0 Å². The molecule has 1 heteroatoms. The van der Waals surface area contributed by atoms with Crippen LogP contribution in [0.1, 0.15) is 19.3 Å². The van der Waals surface area contributed by atoms with Crippen LogP contribution in [0.3, 0.4) is 0 Å². The Hall–Kier alpha value is -0.460. The molecule has 2 fully saturated rings. The van der Waals surface area contributed by atoms with Crippen molar-refractivity contribution in [2.45, 2.75) is 19.3 Å². The first-order valence-electron chi connectivity index (χ1n) is 4.34. The van der Waals surface area contributed by atoms with Crippen LogP contribution < -0.4 is 0 Å². The Morgan fingerprint density at radius 2 is 1.90 bits per heavy atom. The van der Waals surface area contributed by atoms with Gasteiger partial charge in [-0.2, -0.15) is 0 Å². The lowest BCUT2D eigenvalue weighted by Gasteiger charge is -2.47. The molecule has 10 heavy (non-hydrogen) atoms. The molecule has 0 aromatic carbocycles. The minimum Gasteiger partial charge on any atom is -0.377 e. The second kappa shape index (κ2) is 1.58. The van der Waals surface area contributed by atoms with Crippen molar-refractivity contribution in [3.8, 4) is 0 Å². The summed E-state index contributed by atoms with van der Waals surface area (Å²) in [5.41, 5.74) is 1.73. The highest BCUT2D eigenvalue weighted by atomic mass is 15.1. The summed E-state index contributed by atoms with van der Waals surface area (Å²) in [5.74, 6) is 2.07. The van der Waals surface area contributed by atoms with Crippen molar-refractivity contribution >= 4 is 0 Å². The third kappa shape index (κ3) is 0.582. The molecule has 0 amide bonds. The van der Waals surface area contributed by atoms with Crippen molar-refractivity contribution in [1.82, 2.24) is 4.90 Å². The monoisotopic (exact) mass is 135 g/mol. The highest BCUT2D eigenvalue weighted by Gasteiger charge is 2.35. The maximum atomic E-state index is 2.53. The van der Waals surface area contributed by atoms with Gasteiger partial charge in [0.25, 0.3) is 0 Å². The number of rotatable bonds is 0. The molecule has 54 valence electrons. The fourth-order valence-corrected chi connectivity index (χ4v) is 2.95. The van der Waals surface area contributed by atoms with E-state index in [1.54, 1.807) is 5.57 Å². The topological polar surface area (TPSA) is 3.24 Å². The third-order valence-corrected chi connectivity index (χ3v) is 3.12. The molecule has 0 radical (unpaired) electrons. The fourth-order valence-electron chi connectivity index (χ4n) is 2.95. The molecule has 1 saturated heterocycles. The minimum absolute atomic E-state index is 1.03. The number of nitrogens with zero attached hydrogens (tertiary/aromatic N) is 1. The summed E-state index contributed by atoms with van der Waals surface area (Å²) in [5, 5.41) is 0. The molecule has 0 aromatic heterocycles. The average molecular weight is 135 g/mol. The minimum atomic E-state index is 1.03. The van der Waals surface area contributed by atoms with Crippen molar-refractivity contribution in [1.29, 1.82) is 0 Å². The van der Waals surface area contributed by atoms with Crippen LogP contribution in [0.4, 0.5) is 0 Å². The van der Waals surface area contributed by atoms with Crippen LogP contribution in [0.2, 0.25) is 0 Å². The first-order chi connectivity index (χ1) is 4.90. The molecule has 4 rings (SSSR count). The van der Waals surface area contributed by atoms with Gasteiger partial charge in [0.1, 0.15) is 0 Å². The molecule has 4 bridgehead atoms. The summed E-state index contributed by atoms with van der Waals surface area (Å²) in [6, 6.07) is 0. The maximum absolute atomic E-state index is 2.53. The maximum Gasteiger partial charge on any atom is 0.0204 e. The molecule has 2 atom stereocenters. The van der Waals surface area contributed by atoms with E-state index >= 15 is 0 Å². The predicted octanol–water partition coefficient (Wildman–Crippen LogP) is 1.62. The quantitative estimate of drug-likeness (QED) is 0.488. The van der Waals surface area contributed by atoms with Gasteiger partial charge in [-0.15, -0.1) is 0 Å². The lowest BCUT2D eigenvalue weighted by Crippen LogP contribution is -2.44. The first kappa shape index (κ1) is 5.22. The number of allylic oxidation sites excluding steroid dienone is 1. The van der Waals surface area contributed by atoms with E-state index in [-0.39, 0.29) is 0 Å². The van der Waals surface area contributed by atoms with Crippen LogP contribution >= 0.6 is 0 Å². The standard InChI is InChI=1S/C9H13N/c1-7-2-9-3-8(1)5-10(4-7)6-9/h4,8-9H,1-3,5-6H2. The van der Waals surface area contributed by atoms with Crippen LogP contribution in [-0.2, 0) is 0 Å². The van der Waals surface area contributed by atoms with E-state index in [1.807, 2.05) is 0 Å². The van der Waals surface area contributed by atoms with Gasteiger partial charge in [0.15, 0.2) is 0 Å². The summed E-state index contributed by atoms with van der Waals surface area (Å²) in [6.07, 6.45) is 6.78. The lowest BCUT2D eigenvalue weighted by atomic mass is 9.73. The zero-order valence-electron chi connectivity index (χ0n) is 6.21. The van der Waals surface area contributed by atoms with Gasteiger partial charge < -0.3 is 4.90 Å². The fraction of sp³-hybridized carbons (Fsp3) is 0.778. The molecule has 1 saturated carbocycles. The van der Waals surface area contributed by atoms with Crippen molar-refractivity contribution < 1.29 is 0 Å². The molecule has 3 heterocycles. The molecule has 3 aliphatic heterocycles. The molecule has 2 unspecified atom stereocenters.